The molecule has 0 aromatic carbocycles. The van der Waals surface area contributed by atoms with Crippen molar-refractivity contribution in [2.45, 2.75) is 84.0 Å². The average Bonchev–Trinajstić information content (AvgIpc) is 3.24. The molecular formula is C26H37F3N4OS. The molecular weight excluding hydrogens is 473 g/mol. The van der Waals surface area contributed by atoms with Crippen molar-refractivity contribution in [2.75, 3.05) is 13.1 Å². The molecule has 3 heterocycles. The summed E-state index contributed by atoms with van der Waals surface area (Å²) >= 11 is 1.49. The van der Waals surface area contributed by atoms with E-state index >= 15 is 0 Å². The third-order valence-electron chi connectivity index (χ3n) is 6.75. The molecule has 1 aliphatic carbocycles. The molecule has 2 aromatic heterocycles. The third kappa shape index (κ3) is 8.49. The van der Waals surface area contributed by atoms with Crippen LogP contribution >= 0.6 is 11.3 Å². The van der Waals surface area contributed by atoms with Crippen LogP contribution in [-0.4, -0.2) is 33.7 Å². The lowest BCUT2D eigenvalue weighted by Crippen LogP contribution is -2.32. The van der Waals surface area contributed by atoms with Gasteiger partial charge in [-0.1, -0.05) is 44.7 Å². The van der Waals surface area contributed by atoms with Crippen molar-refractivity contribution in [3.63, 3.8) is 0 Å². The monoisotopic (exact) mass is 510 g/mol. The van der Waals surface area contributed by atoms with Gasteiger partial charge in [-0.3, -0.25) is 9.69 Å². The van der Waals surface area contributed by atoms with Crippen LogP contribution in [0.1, 0.15) is 73.1 Å². The molecule has 9 heteroatoms. The highest BCUT2D eigenvalue weighted by atomic mass is 32.1. The van der Waals surface area contributed by atoms with Crippen molar-refractivity contribution in [3.8, 4) is 0 Å². The summed E-state index contributed by atoms with van der Waals surface area (Å²) in [5.74, 6) is 0.878. The number of rotatable bonds is 7. The van der Waals surface area contributed by atoms with E-state index in [1.807, 2.05) is 6.92 Å². The van der Waals surface area contributed by atoms with Crippen LogP contribution in [0.2, 0.25) is 0 Å². The Kier molecular flexibility index (Phi) is 9.98. The maximum atomic E-state index is 12.3. The summed E-state index contributed by atoms with van der Waals surface area (Å²) in [6.07, 6.45) is 4.29. The maximum absolute atomic E-state index is 12.3. The van der Waals surface area contributed by atoms with E-state index in [1.165, 1.54) is 60.8 Å². The van der Waals surface area contributed by atoms with Crippen LogP contribution in [0, 0.1) is 5.92 Å². The molecule has 1 saturated carbocycles. The zero-order valence-electron chi connectivity index (χ0n) is 20.6. The number of alkyl halides is 3. The van der Waals surface area contributed by atoms with Gasteiger partial charge in [0.15, 0.2) is 0 Å². The second kappa shape index (κ2) is 12.7. The van der Waals surface area contributed by atoms with Gasteiger partial charge < -0.3 is 10.3 Å². The zero-order valence-corrected chi connectivity index (χ0v) is 21.4. The summed E-state index contributed by atoms with van der Waals surface area (Å²) in [4.78, 5) is 19.4. The van der Waals surface area contributed by atoms with Crippen molar-refractivity contribution < 1.29 is 13.2 Å². The molecule has 0 amide bonds. The molecule has 194 valence electrons. The fraction of sp³-hybridized carbons (Fsp3) is 0.615. The Balaban J connectivity index is 0.000000241. The number of hydrogen-bond donors (Lipinski definition) is 1. The van der Waals surface area contributed by atoms with Crippen LogP contribution in [0.5, 0.6) is 0 Å². The molecule has 1 fully saturated rings. The number of aromatic nitrogens is 2. The zero-order chi connectivity index (χ0) is 25.4. The number of aryl methyl sites for hydroxylation is 1. The van der Waals surface area contributed by atoms with E-state index in [0.717, 1.165) is 37.7 Å². The van der Waals surface area contributed by atoms with Crippen molar-refractivity contribution in [1.29, 1.82) is 0 Å². The Morgan fingerprint density at radius 3 is 2.63 bits per heavy atom. The smallest absolute Gasteiger partial charge is 0.389 e. The molecule has 0 unspecified atom stereocenters. The summed E-state index contributed by atoms with van der Waals surface area (Å²) in [7, 11) is 0. The minimum atomic E-state index is -4.09. The Bertz CT molecular complexity index is 1020. The lowest BCUT2D eigenvalue weighted by atomic mass is 9.87. The van der Waals surface area contributed by atoms with E-state index in [-0.39, 0.29) is 12.0 Å². The topological polar surface area (TPSA) is 64.2 Å². The van der Waals surface area contributed by atoms with E-state index < -0.39 is 12.6 Å². The largest absolute Gasteiger partial charge is 0.398 e. The SMILES string of the molecule is C=C(N)c1cccc(=O)n1CC.FC(F)(F)CCc1nc2c(s1)CCN(CCC1CCCCC1)C2. The average molecular weight is 511 g/mol. The summed E-state index contributed by atoms with van der Waals surface area (Å²) in [6.45, 7) is 9.07. The van der Waals surface area contributed by atoms with E-state index in [0.29, 0.717) is 22.9 Å². The first-order valence-electron chi connectivity index (χ1n) is 12.6. The van der Waals surface area contributed by atoms with Crippen LogP contribution in [0.15, 0.2) is 29.6 Å². The number of pyridine rings is 1. The molecule has 0 saturated heterocycles. The number of halogens is 3. The summed E-state index contributed by atoms with van der Waals surface area (Å²) < 4.78 is 38.6. The second-order valence-electron chi connectivity index (χ2n) is 9.43. The molecule has 2 aromatic rings. The quantitative estimate of drug-likeness (QED) is 0.514. The van der Waals surface area contributed by atoms with Crippen molar-refractivity contribution in [1.82, 2.24) is 14.5 Å². The predicted molar refractivity (Wildman–Crippen MR) is 136 cm³/mol. The third-order valence-corrected chi connectivity index (χ3v) is 7.96. The highest BCUT2D eigenvalue weighted by molar-refractivity contribution is 7.11. The van der Waals surface area contributed by atoms with Gasteiger partial charge in [0.1, 0.15) is 0 Å². The van der Waals surface area contributed by atoms with Crippen LogP contribution < -0.4 is 11.3 Å². The van der Waals surface area contributed by atoms with E-state index in [4.69, 9.17) is 5.73 Å². The normalized spacial score (nSPS) is 16.9. The van der Waals surface area contributed by atoms with Gasteiger partial charge >= 0.3 is 6.18 Å². The molecule has 0 bridgehead atoms. The molecule has 2 N–H and O–H groups in total. The van der Waals surface area contributed by atoms with Gasteiger partial charge in [-0.05, 0) is 38.3 Å². The van der Waals surface area contributed by atoms with Gasteiger partial charge in [0, 0.05) is 49.1 Å². The summed E-state index contributed by atoms with van der Waals surface area (Å²) in [5.41, 5.74) is 7.62. The fourth-order valence-electron chi connectivity index (χ4n) is 4.82. The van der Waals surface area contributed by atoms with Gasteiger partial charge in [-0.25, -0.2) is 4.98 Å². The van der Waals surface area contributed by atoms with E-state index in [2.05, 4.69) is 16.5 Å². The van der Waals surface area contributed by atoms with Crippen LogP contribution in [0.25, 0.3) is 5.70 Å². The van der Waals surface area contributed by atoms with Gasteiger partial charge in [-0.2, -0.15) is 13.2 Å². The Hall–Kier alpha value is -2.13. The molecule has 0 spiro atoms. The first-order chi connectivity index (χ1) is 16.7. The predicted octanol–water partition coefficient (Wildman–Crippen LogP) is 5.76. The van der Waals surface area contributed by atoms with Crippen molar-refractivity contribution in [3.05, 3.63) is 56.4 Å². The minimum absolute atomic E-state index is 0.0310. The van der Waals surface area contributed by atoms with E-state index in [1.54, 1.807) is 16.7 Å². The highest BCUT2D eigenvalue weighted by Crippen LogP contribution is 2.30. The van der Waals surface area contributed by atoms with Crippen molar-refractivity contribution >= 4 is 17.0 Å². The molecule has 35 heavy (non-hydrogen) atoms. The van der Waals surface area contributed by atoms with Crippen molar-refractivity contribution in [2.24, 2.45) is 11.7 Å². The van der Waals surface area contributed by atoms with E-state index in [9.17, 15) is 18.0 Å². The number of nitrogens with two attached hydrogens (primary N) is 1. The molecule has 0 radical (unpaired) electrons. The first kappa shape index (κ1) is 27.5. The number of fused-ring (bicyclic) bond motifs is 1. The molecule has 5 nitrogen and oxygen atoms in total. The molecule has 4 rings (SSSR count). The minimum Gasteiger partial charge on any atom is -0.398 e. The first-order valence-corrected chi connectivity index (χ1v) is 13.4. The molecule has 1 aliphatic heterocycles. The lowest BCUT2D eigenvalue weighted by Gasteiger charge is -2.29. The standard InChI is InChI=1S/C17H25F3N2S.C9H12N2O/c18-17(19,20)9-6-16-21-14-12-22(11-8-15(14)23-16)10-7-13-4-2-1-3-5-13;1-3-11-8(7(2)10)5-4-6-9(11)12/h13H,1-12H2;4-6H,2-3,10H2,1H3. The maximum Gasteiger partial charge on any atom is 0.389 e. The fourth-order valence-corrected chi connectivity index (χ4v) is 5.89. The number of nitrogens with zero attached hydrogens (tertiary/aromatic N) is 3. The Morgan fingerprint density at radius 1 is 1.26 bits per heavy atom. The summed E-state index contributed by atoms with van der Waals surface area (Å²) in [5, 5.41) is 0.654. The molecule has 2 aliphatic rings. The number of hydrogen-bond acceptors (Lipinski definition) is 5. The number of thiazole rings is 1. The van der Waals surface area contributed by atoms with Gasteiger partial charge in [0.2, 0.25) is 0 Å². The van der Waals surface area contributed by atoms with Crippen LogP contribution in [0.3, 0.4) is 0 Å². The second-order valence-corrected chi connectivity index (χ2v) is 10.6. The van der Waals surface area contributed by atoms with Gasteiger partial charge in [0.05, 0.1) is 16.4 Å². The van der Waals surface area contributed by atoms with Gasteiger partial charge in [-0.15, -0.1) is 11.3 Å². The van der Waals surface area contributed by atoms with Crippen LogP contribution in [0.4, 0.5) is 13.2 Å². The highest BCUT2D eigenvalue weighted by Gasteiger charge is 2.28. The van der Waals surface area contributed by atoms with Gasteiger partial charge in [0.25, 0.3) is 5.56 Å². The Labute approximate surface area is 209 Å². The summed E-state index contributed by atoms with van der Waals surface area (Å²) in [6, 6.07) is 4.98. The van der Waals surface area contributed by atoms with Crippen LogP contribution in [-0.2, 0) is 25.9 Å². The Morgan fingerprint density at radius 2 is 2.00 bits per heavy atom. The lowest BCUT2D eigenvalue weighted by molar-refractivity contribution is -0.134. The molecule has 0 atom stereocenters.